The topological polar surface area (TPSA) is 58.2 Å². The average molecular weight is 288 g/mol. The van der Waals surface area contributed by atoms with Crippen molar-refractivity contribution >= 4 is 17.5 Å². The van der Waals surface area contributed by atoms with Gasteiger partial charge in [-0.25, -0.2) is 4.79 Å². The second-order valence-electron chi connectivity index (χ2n) is 4.18. The molecule has 0 heterocycles. The summed E-state index contributed by atoms with van der Waals surface area (Å²) in [5.41, 5.74) is -1.29. The summed E-state index contributed by atoms with van der Waals surface area (Å²) in [6, 6.07) is 3.03. The Bertz CT molecular complexity index is 501. The number of rotatable bonds is 4. The molecule has 1 aromatic carbocycles. The molecular weight excluding hydrogens is 273 g/mol. The Morgan fingerprint density at radius 1 is 1.25 bits per heavy atom. The van der Waals surface area contributed by atoms with Gasteiger partial charge in [0.25, 0.3) is 0 Å². The molecule has 0 aliphatic carbocycles. The molecule has 0 aliphatic heterocycles. The van der Waals surface area contributed by atoms with Gasteiger partial charge in [0, 0.05) is 6.42 Å². The van der Waals surface area contributed by atoms with E-state index in [0.717, 1.165) is 12.1 Å². The summed E-state index contributed by atoms with van der Waals surface area (Å²) in [4.78, 5) is 22.9. The number of carbonyl (C=O) groups excluding carboxylic acids is 2. The first kappa shape index (κ1) is 16.0. The van der Waals surface area contributed by atoms with E-state index in [4.69, 9.17) is 0 Å². The van der Waals surface area contributed by atoms with E-state index in [1.807, 2.05) is 0 Å². The van der Waals surface area contributed by atoms with Crippen LogP contribution in [0.25, 0.3) is 0 Å². The number of urea groups is 1. The van der Waals surface area contributed by atoms with E-state index < -0.39 is 23.8 Å². The number of para-hydroxylation sites is 1. The zero-order valence-corrected chi connectivity index (χ0v) is 11.0. The van der Waals surface area contributed by atoms with Gasteiger partial charge >= 0.3 is 12.2 Å². The summed E-state index contributed by atoms with van der Waals surface area (Å²) in [5, 5.41) is 4.40. The van der Waals surface area contributed by atoms with Gasteiger partial charge in [-0.15, -0.1) is 0 Å². The third kappa shape index (κ3) is 4.25. The van der Waals surface area contributed by atoms with Crippen molar-refractivity contribution in [3.63, 3.8) is 0 Å². The predicted molar refractivity (Wildman–Crippen MR) is 68.4 cm³/mol. The molecule has 0 saturated heterocycles. The van der Waals surface area contributed by atoms with Crippen molar-refractivity contribution in [2.45, 2.75) is 32.5 Å². The Morgan fingerprint density at radius 3 is 2.40 bits per heavy atom. The number of halogens is 3. The first-order valence-electron chi connectivity index (χ1n) is 6.02. The molecular formula is C13H15F3N2O2. The van der Waals surface area contributed by atoms with Crippen LogP contribution in [0.15, 0.2) is 24.3 Å². The molecule has 1 rings (SSSR count). The molecule has 4 nitrogen and oxygen atoms in total. The van der Waals surface area contributed by atoms with Crippen LogP contribution in [0.3, 0.4) is 0 Å². The fourth-order valence-electron chi connectivity index (χ4n) is 1.58. The number of hydrogen-bond acceptors (Lipinski definition) is 2. The zero-order valence-electron chi connectivity index (χ0n) is 11.0. The molecule has 0 saturated carbocycles. The number of alkyl halides is 3. The minimum atomic E-state index is -4.56. The molecule has 2 amide bonds. The van der Waals surface area contributed by atoms with Crippen LogP contribution in [0.5, 0.6) is 0 Å². The van der Waals surface area contributed by atoms with E-state index in [-0.39, 0.29) is 17.9 Å². The van der Waals surface area contributed by atoms with E-state index in [0.29, 0.717) is 0 Å². The molecule has 0 fully saturated rings. The highest BCUT2D eigenvalue weighted by Crippen LogP contribution is 2.34. The first-order valence-corrected chi connectivity index (χ1v) is 6.02. The third-order valence-corrected chi connectivity index (χ3v) is 2.66. The standard InChI is InChI=1S/C13H15F3N2O2/c1-3-11(19)8(2)17-12(20)18-10-7-5-4-6-9(10)13(14,15)16/h4-8H,3H2,1-2H3,(H2,17,18,20). The average Bonchev–Trinajstić information content (AvgIpc) is 2.36. The molecule has 0 aliphatic rings. The highest BCUT2D eigenvalue weighted by Gasteiger charge is 2.33. The number of carbonyl (C=O) groups is 2. The molecule has 1 atom stereocenters. The maximum atomic E-state index is 12.7. The second kappa shape index (κ2) is 6.40. The number of anilines is 1. The van der Waals surface area contributed by atoms with Crippen molar-refractivity contribution in [1.29, 1.82) is 0 Å². The van der Waals surface area contributed by atoms with E-state index in [1.54, 1.807) is 6.92 Å². The van der Waals surface area contributed by atoms with Crippen LogP contribution in [-0.4, -0.2) is 17.9 Å². The monoisotopic (exact) mass is 288 g/mol. The smallest absolute Gasteiger partial charge is 0.328 e. The van der Waals surface area contributed by atoms with Crippen molar-refractivity contribution in [2.24, 2.45) is 0 Å². The van der Waals surface area contributed by atoms with Crippen LogP contribution >= 0.6 is 0 Å². The Kier molecular flexibility index (Phi) is 5.12. The maximum Gasteiger partial charge on any atom is 0.418 e. The van der Waals surface area contributed by atoms with Crippen LogP contribution in [0.1, 0.15) is 25.8 Å². The fourth-order valence-corrected chi connectivity index (χ4v) is 1.58. The van der Waals surface area contributed by atoms with Crippen molar-refractivity contribution in [1.82, 2.24) is 5.32 Å². The summed E-state index contributed by atoms with van der Waals surface area (Å²) < 4.78 is 38.2. The fraction of sp³-hybridized carbons (Fsp3) is 0.385. The lowest BCUT2D eigenvalue weighted by Gasteiger charge is -2.16. The number of ketones is 1. The summed E-state index contributed by atoms with van der Waals surface area (Å²) in [7, 11) is 0. The lowest BCUT2D eigenvalue weighted by molar-refractivity contribution is -0.137. The van der Waals surface area contributed by atoms with Crippen molar-refractivity contribution in [2.75, 3.05) is 5.32 Å². The van der Waals surface area contributed by atoms with Gasteiger partial charge in [0.05, 0.1) is 17.3 Å². The van der Waals surface area contributed by atoms with Gasteiger partial charge in [-0.2, -0.15) is 13.2 Å². The lowest BCUT2D eigenvalue weighted by Crippen LogP contribution is -2.41. The van der Waals surface area contributed by atoms with Gasteiger partial charge in [0.1, 0.15) is 0 Å². The summed E-state index contributed by atoms with van der Waals surface area (Å²) in [6.07, 6.45) is -4.32. The van der Waals surface area contributed by atoms with Crippen molar-refractivity contribution in [3.05, 3.63) is 29.8 Å². The minimum Gasteiger partial charge on any atom is -0.328 e. The van der Waals surface area contributed by atoms with Gasteiger partial charge in [0.2, 0.25) is 0 Å². The summed E-state index contributed by atoms with van der Waals surface area (Å²) >= 11 is 0. The van der Waals surface area contributed by atoms with Crippen LogP contribution in [-0.2, 0) is 11.0 Å². The number of hydrogen-bond donors (Lipinski definition) is 2. The highest BCUT2D eigenvalue weighted by atomic mass is 19.4. The van der Waals surface area contributed by atoms with E-state index in [2.05, 4.69) is 10.6 Å². The molecule has 0 spiro atoms. The number of nitrogens with one attached hydrogen (secondary N) is 2. The van der Waals surface area contributed by atoms with Crippen LogP contribution in [0.4, 0.5) is 23.7 Å². The Labute approximate surface area is 114 Å². The zero-order chi connectivity index (χ0) is 15.3. The molecule has 110 valence electrons. The van der Waals surface area contributed by atoms with E-state index >= 15 is 0 Å². The van der Waals surface area contributed by atoms with Crippen LogP contribution < -0.4 is 10.6 Å². The third-order valence-electron chi connectivity index (χ3n) is 2.66. The van der Waals surface area contributed by atoms with Gasteiger partial charge in [-0.05, 0) is 19.1 Å². The highest BCUT2D eigenvalue weighted by molar-refractivity contribution is 5.94. The van der Waals surface area contributed by atoms with Gasteiger partial charge in [0.15, 0.2) is 5.78 Å². The molecule has 20 heavy (non-hydrogen) atoms. The van der Waals surface area contributed by atoms with E-state index in [9.17, 15) is 22.8 Å². The first-order chi connectivity index (χ1) is 9.25. The molecule has 0 radical (unpaired) electrons. The van der Waals surface area contributed by atoms with Crippen LogP contribution in [0, 0.1) is 0 Å². The normalized spacial score (nSPS) is 12.7. The maximum absolute atomic E-state index is 12.7. The molecule has 0 aromatic heterocycles. The summed E-state index contributed by atoms with van der Waals surface area (Å²) in [6.45, 7) is 3.11. The molecule has 2 N–H and O–H groups in total. The second-order valence-corrected chi connectivity index (χ2v) is 4.18. The summed E-state index contributed by atoms with van der Waals surface area (Å²) in [5.74, 6) is -0.204. The van der Waals surface area contributed by atoms with Gasteiger partial charge in [-0.3, -0.25) is 4.79 Å². The quantitative estimate of drug-likeness (QED) is 0.894. The van der Waals surface area contributed by atoms with Crippen LogP contribution in [0.2, 0.25) is 0 Å². The Hall–Kier alpha value is -2.05. The predicted octanol–water partition coefficient (Wildman–Crippen LogP) is 3.19. The number of benzene rings is 1. The number of Topliss-reactive ketones (excluding diaryl/α,β-unsaturated/α-hetero) is 1. The van der Waals surface area contributed by atoms with Crippen molar-refractivity contribution in [3.8, 4) is 0 Å². The number of amides is 2. The SMILES string of the molecule is CCC(=O)C(C)NC(=O)Nc1ccccc1C(F)(F)F. The molecule has 0 bridgehead atoms. The molecule has 1 aromatic rings. The Morgan fingerprint density at radius 2 is 1.85 bits per heavy atom. The van der Waals surface area contributed by atoms with Gasteiger partial charge < -0.3 is 10.6 Å². The molecule has 1 unspecified atom stereocenters. The Balaban J connectivity index is 2.79. The van der Waals surface area contributed by atoms with Crippen molar-refractivity contribution < 1.29 is 22.8 Å². The van der Waals surface area contributed by atoms with E-state index in [1.165, 1.54) is 19.1 Å². The molecule has 7 heteroatoms. The van der Waals surface area contributed by atoms with Gasteiger partial charge in [-0.1, -0.05) is 19.1 Å². The minimum absolute atomic E-state index is 0.204. The largest absolute Gasteiger partial charge is 0.418 e. The lowest BCUT2D eigenvalue weighted by atomic mass is 10.1.